The Morgan fingerprint density at radius 2 is 1.38 bits per heavy atom. The third kappa shape index (κ3) is 2.03. The van der Waals surface area contributed by atoms with E-state index in [-0.39, 0.29) is 0 Å². The molecule has 2 N–H and O–H groups in total. The molecule has 1 radical (unpaired) electrons. The van der Waals surface area contributed by atoms with Crippen LogP contribution < -0.4 is 5.73 Å². The van der Waals surface area contributed by atoms with Crippen LogP contribution in [0.15, 0.2) is 12.1 Å². The molecule has 1 aromatic carbocycles. The minimum absolute atomic E-state index is 0.481. The Bertz CT molecular complexity index is 261. The topological polar surface area (TPSA) is 26.0 Å². The van der Waals surface area contributed by atoms with E-state index in [1.807, 2.05) is 12.1 Å². The molecule has 1 nitrogen and oxygen atoms in total. The Balaban J connectivity index is 3.18. The Morgan fingerprint density at radius 1 is 1.00 bits per heavy atom. The number of anilines is 1. The maximum absolute atomic E-state index is 6.07. The third-order valence-electron chi connectivity index (χ3n) is 2.34. The first kappa shape index (κ1) is 10.1. The van der Waals surface area contributed by atoms with Crippen molar-refractivity contribution in [2.24, 2.45) is 0 Å². The number of benzene rings is 1. The molecule has 0 aliphatic carbocycles. The molecule has 0 aliphatic rings. The second-order valence-electron chi connectivity index (χ2n) is 4.09. The molecule has 0 heterocycles. The predicted octanol–water partition coefficient (Wildman–Crippen LogP) is 3.32. The van der Waals surface area contributed by atoms with Gasteiger partial charge in [0.05, 0.1) is 0 Å². The summed E-state index contributed by atoms with van der Waals surface area (Å²) in [4.78, 5) is 0. The van der Waals surface area contributed by atoms with Gasteiger partial charge in [0.2, 0.25) is 0 Å². The van der Waals surface area contributed by atoms with Gasteiger partial charge in [-0.3, -0.25) is 0 Å². The fourth-order valence-electron chi connectivity index (χ4n) is 1.50. The highest BCUT2D eigenvalue weighted by Gasteiger charge is 2.09. The quantitative estimate of drug-likeness (QED) is 0.687. The molecule has 0 aliphatic heterocycles. The van der Waals surface area contributed by atoms with E-state index < -0.39 is 0 Å². The smallest absolute Gasteiger partial charge is 0.0384 e. The average molecular weight is 176 g/mol. The van der Waals surface area contributed by atoms with Crippen molar-refractivity contribution in [3.63, 3.8) is 0 Å². The van der Waals surface area contributed by atoms with Crippen molar-refractivity contribution in [1.82, 2.24) is 0 Å². The number of hydrogen-bond acceptors (Lipinski definition) is 1. The van der Waals surface area contributed by atoms with Crippen LogP contribution in [0.2, 0.25) is 0 Å². The highest BCUT2D eigenvalue weighted by molar-refractivity contribution is 5.55. The number of rotatable bonds is 2. The zero-order valence-electron chi connectivity index (χ0n) is 8.89. The van der Waals surface area contributed by atoms with Crippen LogP contribution in [0.3, 0.4) is 0 Å². The average Bonchev–Trinajstić information content (AvgIpc) is 2.03. The summed E-state index contributed by atoms with van der Waals surface area (Å²) in [6, 6.07) is 7.14. The summed E-state index contributed by atoms with van der Waals surface area (Å²) >= 11 is 0. The highest BCUT2D eigenvalue weighted by Crippen LogP contribution is 2.29. The van der Waals surface area contributed by atoms with Gasteiger partial charge in [0.25, 0.3) is 0 Å². The molecule has 13 heavy (non-hydrogen) atoms. The molecule has 0 atom stereocenters. The van der Waals surface area contributed by atoms with Gasteiger partial charge in [0, 0.05) is 5.69 Å². The number of nitrogens with two attached hydrogens (primary N) is 1. The van der Waals surface area contributed by atoms with Gasteiger partial charge < -0.3 is 5.73 Å². The summed E-state index contributed by atoms with van der Waals surface area (Å²) < 4.78 is 0. The normalized spacial score (nSPS) is 11.2. The van der Waals surface area contributed by atoms with E-state index >= 15 is 0 Å². The maximum atomic E-state index is 6.07. The van der Waals surface area contributed by atoms with E-state index in [0.29, 0.717) is 11.8 Å². The predicted molar refractivity (Wildman–Crippen MR) is 57.9 cm³/mol. The van der Waals surface area contributed by atoms with Crippen LogP contribution in [0.5, 0.6) is 0 Å². The van der Waals surface area contributed by atoms with E-state index in [4.69, 9.17) is 5.73 Å². The van der Waals surface area contributed by atoms with Crippen molar-refractivity contribution >= 4 is 5.69 Å². The van der Waals surface area contributed by atoms with Gasteiger partial charge in [-0.2, -0.15) is 0 Å². The molecule has 1 heteroatoms. The van der Waals surface area contributed by atoms with E-state index in [9.17, 15) is 0 Å². The second kappa shape index (κ2) is 3.82. The molecule has 0 aromatic heterocycles. The Kier molecular flexibility index (Phi) is 2.97. The number of hydrogen-bond donors (Lipinski definition) is 1. The van der Waals surface area contributed by atoms with Gasteiger partial charge in [-0.25, -0.2) is 0 Å². The zero-order valence-corrected chi connectivity index (χ0v) is 8.89. The molecular formula is C12H18N. The lowest BCUT2D eigenvalue weighted by Crippen LogP contribution is -2.02. The monoisotopic (exact) mass is 176 g/mol. The Labute approximate surface area is 81.0 Å². The van der Waals surface area contributed by atoms with E-state index in [2.05, 4.69) is 33.8 Å². The molecule has 0 unspecified atom stereocenters. The van der Waals surface area contributed by atoms with Crippen molar-refractivity contribution in [1.29, 1.82) is 0 Å². The van der Waals surface area contributed by atoms with Crippen LogP contribution in [0.25, 0.3) is 0 Å². The lowest BCUT2D eigenvalue weighted by atomic mass is 9.93. The van der Waals surface area contributed by atoms with Crippen molar-refractivity contribution in [3.8, 4) is 0 Å². The maximum Gasteiger partial charge on any atom is 0.0384 e. The molecule has 0 spiro atoms. The zero-order chi connectivity index (χ0) is 10.0. The van der Waals surface area contributed by atoms with E-state index in [0.717, 1.165) is 5.69 Å². The minimum Gasteiger partial charge on any atom is -0.398 e. The van der Waals surface area contributed by atoms with E-state index in [1.54, 1.807) is 0 Å². The van der Waals surface area contributed by atoms with Gasteiger partial charge in [-0.15, -0.1) is 0 Å². The molecule has 0 bridgehead atoms. The van der Waals surface area contributed by atoms with Crippen molar-refractivity contribution < 1.29 is 0 Å². The lowest BCUT2D eigenvalue weighted by molar-refractivity contribution is 0.839. The molecule has 0 saturated heterocycles. The summed E-state index contributed by atoms with van der Waals surface area (Å²) in [5.41, 5.74) is 9.44. The third-order valence-corrected chi connectivity index (χ3v) is 2.34. The molecule has 0 fully saturated rings. The SMILES string of the molecule is CC(C)c1c[c]cc(C(C)C)c1N. The largest absolute Gasteiger partial charge is 0.398 e. The van der Waals surface area contributed by atoms with E-state index in [1.165, 1.54) is 11.1 Å². The van der Waals surface area contributed by atoms with Crippen LogP contribution in [0.4, 0.5) is 5.69 Å². The van der Waals surface area contributed by atoms with Crippen LogP contribution in [-0.2, 0) is 0 Å². The summed E-state index contributed by atoms with van der Waals surface area (Å²) in [6.45, 7) is 8.63. The molecule has 71 valence electrons. The highest BCUT2D eigenvalue weighted by atomic mass is 14.6. The minimum atomic E-state index is 0.481. The van der Waals surface area contributed by atoms with Gasteiger partial charge in [0.15, 0.2) is 0 Å². The van der Waals surface area contributed by atoms with Gasteiger partial charge in [-0.1, -0.05) is 27.7 Å². The molecular weight excluding hydrogens is 158 g/mol. The molecule has 1 rings (SSSR count). The first-order valence-electron chi connectivity index (χ1n) is 4.83. The summed E-state index contributed by atoms with van der Waals surface area (Å²) in [5.74, 6) is 0.963. The molecule has 1 aromatic rings. The molecule has 0 saturated carbocycles. The van der Waals surface area contributed by atoms with Crippen LogP contribution in [-0.4, -0.2) is 0 Å². The van der Waals surface area contributed by atoms with Crippen molar-refractivity contribution in [3.05, 3.63) is 29.3 Å². The number of nitrogen functional groups attached to an aromatic ring is 1. The summed E-state index contributed by atoms with van der Waals surface area (Å²) in [7, 11) is 0. The van der Waals surface area contributed by atoms with Gasteiger partial charge in [0.1, 0.15) is 0 Å². The lowest BCUT2D eigenvalue weighted by Gasteiger charge is -2.15. The van der Waals surface area contributed by atoms with Gasteiger partial charge in [-0.05, 0) is 41.2 Å². The second-order valence-corrected chi connectivity index (χ2v) is 4.09. The fraction of sp³-hybridized carbons (Fsp3) is 0.500. The first-order valence-corrected chi connectivity index (χ1v) is 4.83. The van der Waals surface area contributed by atoms with Crippen LogP contribution in [0, 0.1) is 6.07 Å². The van der Waals surface area contributed by atoms with Crippen LogP contribution in [0.1, 0.15) is 50.7 Å². The van der Waals surface area contributed by atoms with Crippen LogP contribution >= 0.6 is 0 Å². The molecule has 0 amide bonds. The van der Waals surface area contributed by atoms with Crippen molar-refractivity contribution in [2.45, 2.75) is 39.5 Å². The Hall–Kier alpha value is -0.980. The summed E-state index contributed by atoms with van der Waals surface area (Å²) in [6.07, 6.45) is 0. The van der Waals surface area contributed by atoms with Crippen molar-refractivity contribution in [2.75, 3.05) is 5.73 Å². The Morgan fingerprint density at radius 3 is 1.69 bits per heavy atom. The first-order chi connectivity index (χ1) is 6.04. The summed E-state index contributed by atoms with van der Waals surface area (Å²) in [5, 5.41) is 0. The standard InChI is InChI=1S/C12H18N/c1-8(2)10-6-5-7-11(9(3)4)12(10)13/h6-9H,13H2,1-4H3. The van der Waals surface area contributed by atoms with Gasteiger partial charge >= 0.3 is 0 Å². The fourth-order valence-corrected chi connectivity index (χ4v) is 1.50.